The van der Waals surface area contributed by atoms with Crippen molar-refractivity contribution in [2.75, 3.05) is 20.3 Å². The molecule has 18 heavy (non-hydrogen) atoms. The number of rotatable bonds is 5. The van der Waals surface area contributed by atoms with Gasteiger partial charge in [0.1, 0.15) is 11.6 Å². The molecule has 0 aromatic carbocycles. The van der Waals surface area contributed by atoms with Crippen molar-refractivity contribution in [3.63, 3.8) is 0 Å². The fraction of sp³-hybridized carbons (Fsp3) is 0.429. The van der Waals surface area contributed by atoms with E-state index in [9.17, 15) is 4.39 Å². The van der Waals surface area contributed by atoms with Crippen LogP contribution in [0, 0.1) is 0 Å². The molecule has 1 atom stereocenters. The summed E-state index contributed by atoms with van der Waals surface area (Å²) < 4.78 is 24.5. The lowest BCUT2D eigenvalue weighted by atomic mass is 9.96. The van der Waals surface area contributed by atoms with Crippen LogP contribution in [0.5, 0.6) is 0 Å². The molecule has 0 radical (unpaired) electrons. The summed E-state index contributed by atoms with van der Waals surface area (Å²) in [5.74, 6) is 0.381. The van der Waals surface area contributed by atoms with Crippen molar-refractivity contribution < 1.29 is 13.9 Å². The highest BCUT2D eigenvalue weighted by Crippen LogP contribution is 2.29. The summed E-state index contributed by atoms with van der Waals surface area (Å²) in [6.07, 6.45) is 7.73. The Morgan fingerprint density at radius 2 is 2.22 bits per heavy atom. The number of fused-ring (bicyclic) bond motifs is 1. The van der Waals surface area contributed by atoms with Gasteiger partial charge in [0.15, 0.2) is 0 Å². The van der Waals surface area contributed by atoms with E-state index in [1.54, 1.807) is 13.2 Å². The van der Waals surface area contributed by atoms with Crippen molar-refractivity contribution >= 4 is 0 Å². The van der Waals surface area contributed by atoms with Crippen LogP contribution in [0.2, 0.25) is 0 Å². The highest BCUT2D eigenvalue weighted by Gasteiger charge is 2.26. The second kappa shape index (κ2) is 5.87. The summed E-state index contributed by atoms with van der Waals surface area (Å²) in [6, 6.07) is -0.127. The highest BCUT2D eigenvalue weighted by atomic mass is 19.1. The van der Waals surface area contributed by atoms with Gasteiger partial charge in [-0.25, -0.2) is 4.39 Å². The molecule has 0 saturated heterocycles. The van der Waals surface area contributed by atoms with E-state index in [0.717, 1.165) is 12.1 Å². The van der Waals surface area contributed by atoms with Gasteiger partial charge < -0.3 is 14.8 Å². The molecule has 2 aliphatic rings. The molecule has 4 heteroatoms. The van der Waals surface area contributed by atoms with Gasteiger partial charge in [-0.3, -0.25) is 0 Å². The summed E-state index contributed by atoms with van der Waals surface area (Å²) in [4.78, 5) is 0. The minimum absolute atomic E-state index is 0.127. The van der Waals surface area contributed by atoms with Gasteiger partial charge in [-0.1, -0.05) is 12.2 Å². The molecule has 0 fully saturated rings. The molecule has 1 N–H and O–H groups in total. The topological polar surface area (TPSA) is 30.5 Å². The highest BCUT2D eigenvalue weighted by molar-refractivity contribution is 5.48. The number of hydrogen-bond donors (Lipinski definition) is 1. The smallest absolute Gasteiger partial charge is 0.132 e. The first kappa shape index (κ1) is 12.9. The third kappa shape index (κ3) is 2.82. The Labute approximate surface area is 107 Å². The zero-order valence-electron chi connectivity index (χ0n) is 10.7. The van der Waals surface area contributed by atoms with Crippen LogP contribution in [0.3, 0.4) is 0 Å². The van der Waals surface area contributed by atoms with E-state index >= 15 is 0 Å². The third-order valence-electron chi connectivity index (χ3n) is 2.86. The summed E-state index contributed by atoms with van der Waals surface area (Å²) in [5.41, 5.74) is 1.56. The van der Waals surface area contributed by atoms with E-state index in [1.807, 2.05) is 19.1 Å². The molecular formula is C14H18FNO2. The first-order valence-electron chi connectivity index (χ1n) is 6.07. The SMILES string of the molecule is COCCCOC1=C2C(F)=CC=CC2NC(C)=C1. The van der Waals surface area contributed by atoms with E-state index in [-0.39, 0.29) is 11.9 Å². The average Bonchev–Trinajstić information content (AvgIpc) is 2.34. The third-order valence-corrected chi connectivity index (χ3v) is 2.86. The number of dihydropyridines is 1. The molecule has 0 aromatic rings. The largest absolute Gasteiger partial charge is 0.493 e. The van der Waals surface area contributed by atoms with Crippen molar-refractivity contribution in [1.29, 1.82) is 0 Å². The molecule has 0 amide bonds. The number of ether oxygens (including phenoxy) is 2. The standard InChI is InChI=1S/C14H18FNO2/c1-10-9-13(18-8-4-7-17-2)14-11(15)5-3-6-12(14)16-10/h3,5-6,9,12,16H,4,7-8H2,1-2H3. The Morgan fingerprint density at radius 1 is 1.39 bits per heavy atom. The first-order valence-corrected chi connectivity index (χ1v) is 6.07. The van der Waals surface area contributed by atoms with E-state index in [2.05, 4.69) is 5.32 Å². The predicted octanol–water partition coefficient (Wildman–Crippen LogP) is 2.59. The summed E-state index contributed by atoms with van der Waals surface area (Å²) in [5, 5.41) is 3.21. The van der Waals surface area contributed by atoms with Crippen LogP contribution in [-0.2, 0) is 9.47 Å². The van der Waals surface area contributed by atoms with Crippen molar-refractivity contribution in [3.8, 4) is 0 Å². The lowest BCUT2D eigenvalue weighted by molar-refractivity contribution is 0.147. The van der Waals surface area contributed by atoms with Gasteiger partial charge in [-0.15, -0.1) is 0 Å². The van der Waals surface area contributed by atoms with E-state index < -0.39 is 0 Å². The van der Waals surface area contributed by atoms with Crippen LogP contribution in [0.1, 0.15) is 13.3 Å². The van der Waals surface area contributed by atoms with Crippen molar-refractivity contribution in [1.82, 2.24) is 5.32 Å². The molecule has 1 aliphatic heterocycles. The molecule has 98 valence electrons. The average molecular weight is 251 g/mol. The van der Waals surface area contributed by atoms with Crippen molar-refractivity contribution in [2.45, 2.75) is 19.4 Å². The number of halogens is 1. The monoisotopic (exact) mass is 251 g/mol. The van der Waals surface area contributed by atoms with Crippen LogP contribution in [0.15, 0.2) is 47.2 Å². The van der Waals surface area contributed by atoms with Gasteiger partial charge in [0.25, 0.3) is 0 Å². The number of nitrogens with one attached hydrogen (secondary N) is 1. The minimum atomic E-state index is -0.236. The molecule has 1 unspecified atom stereocenters. The number of allylic oxidation sites excluding steroid dienone is 4. The molecule has 1 heterocycles. The first-order chi connectivity index (χ1) is 8.72. The van der Waals surface area contributed by atoms with Crippen molar-refractivity contribution in [2.24, 2.45) is 0 Å². The van der Waals surface area contributed by atoms with Gasteiger partial charge in [-0.05, 0) is 19.1 Å². The van der Waals surface area contributed by atoms with Gasteiger partial charge in [0.2, 0.25) is 0 Å². The molecule has 0 aromatic heterocycles. The van der Waals surface area contributed by atoms with Gasteiger partial charge in [0.05, 0.1) is 18.2 Å². The summed E-state index contributed by atoms with van der Waals surface area (Å²) >= 11 is 0. The van der Waals surface area contributed by atoms with Gasteiger partial charge in [0, 0.05) is 25.8 Å². The van der Waals surface area contributed by atoms with E-state index in [4.69, 9.17) is 9.47 Å². The van der Waals surface area contributed by atoms with Crippen LogP contribution in [0.25, 0.3) is 0 Å². The fourth-order valence-corrected chi connectivity index (χ4v) is 2.04. The van der Waals surface area contributed by atoms with Crippen LogP contribution < -0.4 is 5.32 Å². The normalized spacial score (nSPS) is 22.1. The Hall–Kier alpha value is -1.55. The Morgan fingerprint density at radius 3 is 3.00 bits per heavy atom. The molecule has 0 spiro atoms. The molecule has 0 saturated carbocycles. The van der Waals surface area contributed by atoms with Crippen molar-refractivity contribution in [3.05, 3.63) is 47.2 Å². The predicted molar refractivity (Wildman–Crippen MR) is 68.5 cm³/mol. The number of hydrogen-bond acceptors (Lipinski definition) is 3. The lowest BCUT2D eigenvalue weighted by Crippen LogP contribution is -2.33. The van der Waals surface area contributed by atoms with Crippen LogP contribution in [0.4, 0.5) is 4.39 Å². The molecule has 3 nitrogen and oxygen atoms in total. The van der Waals surface area contributed by atoms with Crippen LogP contribution >= 0.6 is 0 Å². The quantitative estimate of drug-likeness (QED) is 0.762. The molecule has 1 aliphatic carbocycles. The second-order valence-corrected chi connectivity index (χ2v) is 4.32. The van der Waals surface area contributed by atoms with Crippen LogP contribution in [-0.4, -0.2) is 26.4 Å². The molecule has 0 bridgehead atoms. The lowest BCUT2D eigenvalue weighted by Gasteiger charge is -2.28. The summed E-state index contributed by atoms with van der Waals surface area (Å²) in [6.45, 7) is 3.12. The Balaban J connectivity index is 2.13. The maximum Gasteiger partial charge on any atom is 0.132 e. The maximum atomic E-state index is 13.8. The fourth-order valence-electron chi connectivity index (χ4n) is 2.04. The second-order valence-electron chi connectivity index (χ2n) is 4.32. The summed E-state index contributed by atoms with van der Waals surface area (Å²) in [7, 11) is 1.65. The van der Waals surface area contributed by atoms with Gasteiger partial charge in [-0.2, -0.15) is 0 Å². The van der Waals surface area contributed by atoms with E-state index in [1.165, 1.54) is 6.08 Å². The number of methoxy groups -OCH3 is 1. The Kier molecular flexibility index (Phi) is 4.20. The molecular weight excluding hydrogens is 233 g/mol. The van der Waals surface area contributed by atoms with Gasteiger partial charge >= 0.3 is 0 Å². The zero-order chi connectivity index (χ0) is 13.0. The minimum Gasteiger partial charge on any atom is -0.493 e. The van der Waals surface area contributed by atoms with E-state index in [0.29, 0.717) is 24.5 Å². The molecule has 2 rings (SSSR count). The zero-order valence-corrected chi connectivity index (χ0v) is 10.7. The Bertz CT molecular complexity index is 435. The maximum absolute atomic E-state index is 13.8.